The van der Waals surface area contributed by atoms with Gasteiger partial charge in [0.05, 0.1) is 0 Å². The highest BCUT2D eigenvalue weighted by Gasteiger charge is 2.19. The molecule has 0 N–H and O–H groups in total. The zero-order valence-electron chi connectivity index (χ0n) is 19.7. The first kappa shape index (κ1) is 23.4. The highest BCUT2D eigenvalue weighted by Crippen LogP contribution is 2.38. The molecule has 0 heterocycles. The van der Waals surface area contributed by atoms with Crippen LogP contribution in [0.5, 0.6) is 0 Å². The van der Waals surface area contributed by atoms with Crippen molar-refractivity contribution < 1.29 is 0 Å². The molecule has 0 fully saturated rings. The van der Waals surface area contributed by atoms with E-state index in [1.807, 2.05) is 12.2 Å². The molecule has 3 aromatic carbocycles. The molecule has 1 unspecified atom stereocenters. The second kappa shape index (κ2) is 10.9. The number of benzene rings is 3. The van der Waals surface area contributed by atoms with Gasteiger partial charge in [-0.25, -0.2) is 0 Å². The first-order valence-corrected chi connectivity index (χ1v) is 12.5. The number of hydrogen-bond acceptors (Lipinski definition) is 1. The second-order valence-electron chi connectivity index (χ2n) is 9.03. The van der Waals surface area contributed by atoms with Gasteiger partial charge in [0, 0.05) is 4.90 Å². The van der Waals surface area contributed by atoms with Crippen LogP contribution >= 0.6 is 12.6 Å². The van der Waals surface area contributed by atoms with Crippen LogP contribution in [0.2, 0.25) is 0 Å². The highest BCUT2D eigenvalue weighted by atomic mass is 32.1. The lowest BCUT2D eigenvalue weighted by Gasteiger charge is -2.25. The molecule has 3 aromatic rings. The van der Waals surface area contributed by atoms with Gasteiger partial charge in [0.1, 0.15) is 0 Å². The highest BCUT2D eigenvalue weighted by molar-refractivity contribution is 7.80. The molecule has 1 aliphatic carbocycles. The third-order valence-electron chi connectivity index (χ3n) is 6.99. The van der Waals surface area contributed by atoms with E-state index in [9.17, 15) is 0 Å². The number of rotatable bonds is 8. The Labute approximate surface area is 204 Å². The van der Waals surface area contributed by atoms with Crippen LogP contribution in [0.4, 0.5) is 0 Å². The number of allylic oxidation sites excluding steroid dienone is 5. The molecule has 0 radical (unpaired) electrons. The van der Waals surface area contributed by atoms with Gasteiger partial charge in [0.15, 0.2) is 0 Å². The van der Waals surface area contributed by atoms with Crippen LogP contribution in [0, 0.1) is 12.8 Å². The predicted octanol–water partition coefficient (Wildman–Crippen LogP) is 9.54. The van der Waals surface area contributed by atoms with Gasteiger partial charge in [-0.3, -0.25) is 0 Å². The number of thiol groups is 1. The molecular weight excluding hydrogens is 416 g/mol. The summed E-state index contributed by atoms with van der Waals surface area (Å²) in [5, 5.41) is 2.67. The van der Waals surface area contributed by atoms with Crippen LogP contribution in [0.1, 0.15) is 48.8 Å². The summed E-state index contributed by atoms with van der Waals surface area (Å²) >= 11 is 4.67. The maximum Gasteiger partial charge on any atom is 0.00756 e. The fraction of sp³-hybridized carbons (Fsp3) is 0.250. The van der Waals surface area contributed by atoms with Gasteiger partial charge in [0.25, 0.3) is 0 Å². The van der Waals surface area contributed by atoms with Gasteiger partial charge < -0.3 is 0 Å². The van der Waals surface area contributed by atoms with Gasteiger partial charge in [-0.1, -0.05) is 85.0 Å². The topological polar surface area (TPSA) is 0 Å². The van der Waals surface area contributed by atoms with Gasteiger partial charge in [-0.15, -0.1) is 19.2 Å². The zero-order chi connectivity index (χ0) is 23.2. The molecule has 0 amide bonds. The Bertz CT molecular complexity index is 1220. The summed E-state index contributed by atoms with van der Waals surface area (Å²) in [5.74, 6) is 0.691. The SMILES string of the molecule is C=C/C=C\c1c(-c2cccc3c(CC4=CCCCC4CCC=C)cccc23)ccc(S)c1C. The average Bonchev–Trinajstić information content (AvgIpc) is 2.84. The molecular formula is C32H34S. The van der Waals surface area contributed by atoms with E-state index < -0.39 is 0 Å². The summed E-state index contributed by atoms with van der Waals surface area (Å²) in [7, 11) is 0. The lowest BCUT2D eigenvalue weighted by molar-refractivity contribution is 0.473. The Balaban J connectivity index is 1.79. The Hall–Kier alpha value is -2.77. The molecule has 1 atom stereocenters. The molecule has 1 heteroatoms. The lowest BCUT2D eigenvalue weighted by Crippen LogP contribution is -2.11. The number of hydrogen-bond donors (Lipinski definition) is 1. The van der Waals surface area contributed by atoms with Crippen molar-refractivity contribution in [2.45, 2.75) is 50.3 Å². The summed E-state index contributed by atoms with van der Waals surface area (Å²) < 4.78 is 0. The van der Waals surface area contributed by atoms with E-state index in [2.05, 4.69) is 99.5 Å². The summed E-state index contributed by atoms with van der Waals surface area (Å²) in [6.45, 7) is 9.93. The third kappa shape index (κ3) is 5.09. The van der Waals surface area contributed by atoms with Crippen LogP contribution in [0.3, 0.4) is 0 Å². The quantitative estimate of drug-likeness (QED) is 0.197. The van der Waals surface area contributed by atoms with Crippen molar-refractivity contribution >= 4 is 29.5 Å². The van der Waals surface area contributed by atoms with E-state index in [1.165, 1.54) is 64.3 Å². The fourth-order valence-electron chi connectivity index (χ4n) is 5.18. The van der Waals surface area contributed by atoms with Crippen molar-refractivity contribution in [1.29, 1.82) is 0 Å². The molecule has 0 nitrogen and oxygen atoms in total. The molecule has 1 aliphatic rings. The maximum absolute atomic E-state index is 4.67. The zero-order valence-corrected chi connectivity index (χ0v) is 20.6. The van der Waals surface area contributed by atoms with E-state index in [4.69, 9.17) is 0 Å². The van der Waals surface area contributed by atoms with Crippen molar-refractivity contribution in [3.8, 4) is 11.1 Å². The summed E-state index contributed by atoms with van der Waals surface area (Å²) in [4.78, 5) is 1.01. The van der Waals surface area contributed by atoms with E-state index in [0.29, 0.717) is 5.92 Å². The smallest absolute Gasteiger partial charge is 0.00756 e. The predicted molar refractivity (Wildman–Crippen MR) is 149 cm³/mol. The van der Waals surface area contributed by atoms with Crippen molar-refractivity contribution in [2.24, 2.45) is 5.92 Å². The van der Waals surface area contributed by atoms with Crippen molar-refractivity contribution in [2.75, 3.05) is 0 Å². The Kier molecular flexibility index (Phi) is 7.73. The van der Waals surface area contributed by atoms with Crippen LogP contribution in [-0.2, 0) is 6.42 Å². The largest absolute Gasteiger partial charge is 0.143 e. The fourth-order valence-corrected chi connectivity index (χ4v) is 5.38. The average molecular weight is 451 g/mol. The van der Waals surface area contributed by atoms with Crippen molar-refractivity contribution in [3.63, 3.8) is 0 Å². The van der Waals surface area contributed by atoms with Gasteiger partial charge in [-0.2, -0.15) is 0 Å². The van der Waals surface area contributed by atoms with Gasteiger partial charge in [0.2, 0.25) is 0 Å². The standard InChI is InChI=1S/C32H34S/c1-4-6-12-24-13-8-9-14-25(24)22-26-15-10-18-29-28(26)17-11-19-30(29)31-20-21-32(33)23(3)27(31)16-7-5-2/h4-5,7,10-11,14-21,24,33H,1-2,6,8-9,12-13,22H2,3H3/b16-7-. The Morgan fingerprint density at radius 3 is 2.64 bits per heavy atom. The minimum atomic E-state index is 0.691. The van der Waals surface area contributed by atoms with E-state index in [-0.39, 0.29) is 0 Å². The van der Waals surface area contributed by atoms with Crippen LogP contribution in [0.15, 0.2) is 96.5 Å². The summed E-state index contributed by atoms with van der Waals surface area (Å²) in [6, 6.07) is 17.9. The first-order chi connectivity index (χ1) is 16.1. The third-order valence-corrected chi connectivity index (χ3v) is 7.47. The molecule has 0 saturated heterocycles. The molecule has 0 saturated carbocycles. The van der Waals surface area contributed by atoms with Crippen molar-refractivity contribution in [1.82, 2.24) is 0 Å². The van der Waals surface area contributed by atoms with E-state index in [1.54, 1.807) is 5.57 Å². The van der Waals surface area contributed by atoms with Crippen LogP contribution in [0.25, 0.3) is 28.0 Å². The monoisotopic (exact) mass is 450 g/mol. The minimum Gasteiger partial charge on any atom is -0.143 e. The summed E-state index contributed by atoms with van der Waals surface area (Å²) in [5.41, 5.74) is 7.96. The lowest BCUT2D eigenvalue weighted by atomic mass is 9.80. The molecule has 33 heavy (non-hydrogen) atoms. The van der Waals surface area contributed by atoms with E-state index >= 15 is 0 Å². The first-order valence-electron chi connectivity index (χ1n) is 12.1. The number of fused-ring (bicyclic) bond motifs is 1. The van der Waals surface area contributed by atoms with E-state index in [0.717, 1.165) is 17.7 Å². The molecule has 0 bridgehead atoms. The normalized spacial score (nSPS) is 16.2. The molecule has 4 rings (SSSR count). The van der Waals surface area contributed by atoms with Crippen LogP contribution in [-0.4, -0.2) is 0 Å². The van der Waals surface area contributed by atoms with Gasteiger partial charge in [-0.05, 0) is 96.0 Å². The maximum atomic E-state index is 4.67. The van der Waals surface area contributed by atoms with Crippen molar-refractivity contribution in [3.05, 3.63) is 108 Å². The Morgan fingerprint density at radius 1 is 1.00 bits per heavy atom. The molecule has 0 aromatic heterocycles. The second-order valence-corrected chi connectivity index (χ2v) is 9.52. The summed E-state index contributed by atoms with van der Waals surface area (Å²) in [6.07, 6.45) is 17.8. The molecule has 0 spiro atoms. The molecule has 0 aliphatic heterocycles. The van der Waals surface area contributed by atoms with Gasteiger partial charge >= 0.3 is 0 Å². The molecule has 168 valence electrons. The minimum absolute atomic E-state index is 0.691. The Morgan fingerprint density at radius 2 is 1.82 bits per heavy atom. The van der Waals surface area contributed by atoms with Crippen LogP contribution < -0.4 is 0 Å².